The van der Waals surface area contributed by atoms with Crippen LogP contribution in [-0.4, -0.2) is 21.9 Å². The molecule has 1 aromatic heterocycles. The molecule has 32 heavy (non-hydrogen) atoms. The summed E-state index contributed by atoms with van der Waals surface area (Å²) in [6.45, 7) is 2.04. The number of ether oxygens (including phenoxy) is 1. The highest BCUT2D eigenvalue weighted by Crippen LogP contribution is 2.28. The number of carbonyl (C=O) groups excluding carboxylic acids is 1. The normalized spacial score (nSPS) is 10.7. The molecule has 0 radical (unpaired) electrons. The molecule has 0 aliphatic heterocycles. The van der Waals surface area contributed by atoms with Gasteiger partial charge in [0.2, 0.25) is 5.91 Å². The topological polar surface area (TPSA) is 68.5 Å². The molecule has 0 saturated carbocycles. The fourth-order valence-corrected chi connectivity index (χ4v) is 3.90. The van der Waals surface area contributed by atoms with Gasteiger partial charge in [0, 0.05) is 16.4 Å². The van der Waals surface area contributed by atoms with Crippen LogP contribution in [0.4, 0.5) is 11.4 Å². The zero-order valence-corrected chi connectivity index (χ0v) is 18.8. The van der Waals surface area contributed by atoms with Crippen molar-refractivity contribution in [3.05, 3.63) is 95.3 Å². The molecule has 0 atom stereocenters. The van der Waals surface area contributed by atoms with E-state index < -0.39 is 0 Å². The van der Waals surface area contributed by atoms with Crippen LogP contribution in [0, 0.1) is 6.92 Å². The van der Waals surface area contributed by atoms with E-state index in [-0.39, 0.29) is 18.3 Å². The van der Waals surface area contributed by atoms with E-state index in [1.54, 1.807) is 17.0 Å². The van der Waals surface area contributed by atoms with Crippen LogP contribution in [0.5, 0.6) is 5.75 Å². The summed E-state index contributed by atoms with van der Waals surface area (Å²) in [7, 11) is 0. The van der Waals surface area contributed by atoms with Crippen molar-refractivity contribution in [3.8, 4) is 5.75 Å². The number of para-hydroxylation sites is 2. The molecule has 4 aromatic rings. The van der Waals surface area contributed by atoms with E-state index in [0.29, 0.717) is 21.9 Å². The number of thioether (sulfide) groups is 1. The molecule has 1 heterocycles. The first-order valence-electron chi connectivity index (χ1n) is 9.87. The van der Waals surface area contributed by atoms with Gasteiger partial charge in [-0.3, -0.25) is 9.69 Å². The Hall–Kier alpha value is -3.29. The molecule has 0 aliphatic carbocycles. The second-order valence-corrected chi connectivity index (χ2v) is 8.21. The number of hydrogen-bond acceptors (Lipinski definition) is 6. The van der Waals surface area contributed by atoms with Gasteiger partial charge >= 0.3 is 0 Å². The third-order valence-electron chi connectivity index (χ3n) is 4.53. The Bertz CT molecular complexity index is 1150. The molecular weight excluding hydrogens is 446 g/mol. The molecule has 0 fully saturated rings. The monoisotopic (exact) mass is 465 g/mol. The second-order valence-electron chi connectivity index (χ2n) is 6.85. The Balaban J connectivity index is 1.39. The first-order chi connectivity index (χ1) is 15.6. The average molecular weight is 466 g/mol. The molecule has 4 rings (SSSR count). The summed E-state index contributed by atoms with van der Waals surface area (Å²) in [6, 6.07) is 24.4. The fraction of sp³-hybridized carbons (Fsp3) is 0.125. The van der Waals surface area contributed by atoms with Gasteiger partial charge in [-0.25, -0.2) is 0 Å². The van der Waals surface area contributed by atoms with Crippen molar-refractivity contribution in [3.63, 3.8) is 0 Å². The van der Waals surface area contributed by atoms with Crippen LogP contribution < -0.4 is 9.64 Å². The Morgan fingerprint density at radius 2 is 1.66 bits per heavy atom. The number of nitrogens with zero attached hydrogens (tertiary/aromatic N) is 3. The molecule has 0 saturated heterocycles. The van der Waals surface area contributed by atoms with Crippen molar-refractivity contribution in [2.45, 2.75) is 18.8 Å². The highest BCUT2D eigenvalue weighted by Gasteiger charge is 2.19. The number of rotatable bonds is 8. The minimum atomic E-state index is -0.0970. The third-order valence-corrected chi connectivity index (χ3v) is 5.57. The van der Waals surface area contributed by atoms with Crippen LogP contribution in [-0.2, 0) is 11.4 Å². The van der Waals surface area contributed by atoms with Gasteiger partial charge in [0.05, 0.1) is 5.75 Å². The fourth-order valence-electron chi connectivity index (χ4n) is 3.05. The first kappa shape index (κ1) is 21.9. The number of aromatic nitrogens is 2. The summed E-state index contributed by atoms with van der Waals surface area (Å²) in [5, 5.41) is 8.98. The third kappa shape index (κ3) is 5.49. The molecule has 162 valence electrons. The lowest BCUT2D eigenvalue weighted by molar-refractivity contribution is -0.115. The van der Waals surface area contributed by atoms with E-state index in [1.165, 1.54) is 11.8 Å². The molecule has 0 unspecified atom stereocenters. The van der Waals surface area contributed by atoms with Gasteiger partial charge in [-0.05, 0) is 55.0 Å². The number of amides is 1. The lowest BCUT2D eigenvalue weighted by Gasteiger charge is -2.22. The van der Waals surface area contributed by atoms with E-state index in [0.717, 1.165) is 16.9 Å². The van der Waals surface area contributed by atoms with Crippen LogP contribution in [0.25, 0.3) is 0 Å². The minimum absolute atomic E-state index is 0.0970. The zero-order chi connectivity index (χ0) is 22.3. The maximum atomic E-state index is 13.1. The molecule has 3 aromatic carbocycles. The van der Waals surface area contributed by atoms with E-state index in [1.807, 2.05) is 73.7 Å². The number of anilines is 2. The van der Waals surface area contributed by atoms with Crippen LogP contribution in [0.1, 0.15) is 11.5 Å². The molecule has 0 bridgehead atoms. The van der Waals surface area contributed by atoms with E-state index in [9.17, 15) is 4.79 Å². The summed E-state index contributed by atoms with van der Waals surface area (Å²) < 4.78 is 11.4. The van der Waals surface area contributed by atoms with Crippen molar-refractivity contribution < 1.29 is 13.9 Å². The summed E-state index contributed by atoms with van der Waals surface area (Å²) in [6.07, 6.45) is 0. The molecule has 0 N–H and O–H groups in total. The predicted molar refractivity (Wildman–Crippen MR) is 126 cm³/mol. The molecule has 6 nitrogen and oxygen atoms in total. The molecule has 0 spiro atoms. The van der Waals surface area contributed by atoms with Gasteiger partial charge in [0.25, 0.3) is 11.1 Å². The predicted octanol–water partition coefficient (Wildman–Crippen LogP) is 6.07. The Kier molecular flexibility index (Phi) is 7.09. The smallest absolute Gasteiger partial charge is 0.277 e. The number of carbonyl (C=O) groups is 1. The lowest BCUT2D eigenvalue weighted by atomic mass is 10.2. The molecule has 8 heteroatoms. The number of halogens is 1. The number of aryl methyl sites for hydroxylation is 1. The second kappa shape index (κ2) is 10.3. The highest BCUT2D eigenvalue weighted by atomic mass is 35.5. The van der Waals surface area contributed by atoms with E-state index in [2.05, 4.69) is 10.2 Å². The first-order valence-corrected chi connectivity index (χ1v) is 11.2. The largest absolute Gasteiger partial charge is 0.484 e. The summed E-state index contributed by atoms with van der Waals surface area (Å²) in [5.41, 5.74) is 2.50. The van der Waals surface area contributed by atoms with E-state index in [4.69, 9.17) is 20.8 Å². The molecular formula is C24H20ClN3O3S. The van der Waals surface area contributed by atoms with Gasteiger partial charge < -0.3 is 9.15 Å². The lowest BCUT2D eigenvalue weighted by Crippen LogP contribution is -2.27. The summed E-state index contributed by atoms with van der Waals surface area (Å²) in [4.78, 5) is 14.8. The minimum Gasteiger partial charge on any atom is -0.484 e. The SMILES string of the molecule is Cc1cc(Cl)ccc1OCc1nnc(SCC(=O)N(c2ccccc2)c2ccccc2)o1. The van der Waals surface area contributed by atoms with Gasteiger partial charge in [-0.15, -0.1) is 10.2 Å². The summed E-state index contributed by atoms with van der Waals surface area (Å²) in [5.74, 6) is 1.07. The molecule has 0 aliphatic rings. The van der Waals surface area contributed by atoms with Crippen molar-refractivity contribution in [2.24, 2.45) is 0 Å². The highest BCUT2D eigenvalue weighted by molar-refractivity contribution is 7.99. The maximum Gasteiger partial charge on any atom is 0.277 e. The quantitative estimate of drug-likeness (QED) is 0.294. The van der Waals surface area contributed by atoms with Crippen molar-refractivity contribution in [1.29, 1.82) is 0 Å². The van der Waals surface area contributed by atoms with Crippen LogP contribution in [0.3, 0.4) is 0 Å². The van der Waals surface area contributed by atoms with Gasteiger partial charge in [-0.1, -0.05) is 59.8 Å². The number of benzene rings is 3. The zero-order valence-electron chi connectivity index (χ0n) is 17.3. The van der Waals surface area contributed by atoms with E-state index >= 15 is 0 Å². The standard InChI is InChI=1S/C24H20ClN3O3S/c1-17-14-18(25)12-13-21(17)30-15-22-26-27-24(31-22)32-16-23(29)28(19-8-4-2-5-9-19)20-10-6-3-7-11-20/h2-14H,15-16H2,1H3. The average Bonchev–Trinajstić information content (AvgIpc) is 3.27. The molecule has 1 amide bonds. The maximum absolute atomic E-state index is 13.1. The van der Waals surface area contributed by atoms with Crippen LogP contribution >= 0.6 is 23.4 Å². The Morgan fingerprint density at radius 3 is 2.28 bits per heavy atom. The van der Waals surface area contributed by atoms with Gasteiger partial charge in [0.1, 0.15) is 5.75 Å². The van der Waals surface area contributed by atoms with Crippen molar-refractivity contribution in [1.82, 2.24) is 10.2 Å². The van der Waals surface area contributed by atoms with Gasteiger partial charge in [0.15, 0.2) is 6.61 Å². The van der Waals surface area contributed by atoms with Crippen LogP contribution in [0.2, 0.25) is 5.02 Å². The van der Waals surface area contributed by atoms with Crippen molar-refractivity contribution >= 4 is 40.6 Å². The summed E-state index contributed by atoms with van der Waals surface area (Å²) >= 11 is 7.16. The van der Waals surface area contributed by atoms with Crippen molar-refractivity contribution in [2.75, 3.05) is 10.7 Å². The Labute approximate surface area is 195 Å². The Morgan fingerprint density at radius 1 is 1.00 bits per heavy atom. The van der Waals surface area contributed by atoms with Gasteiger partial charge in [-0.2, -0.15) is 0 Å². The number of hydrogen-bond donors (Lipinski definition) is 0. The van der Waals surface area contributed by atoms with Crippen LogP contribution in [0.15, 0.2) is 88.5 Å².